The Labute approximate surface area is 164 Å². The van der Waals surface area contributed by atoms with Crippen LogP contribution in [0.5, 0.6) is 0 Å². The van der Waals surface area contributed by atoms with Gasteiger partial charge in [-0.05, 0) is 43.0 Å². The van der Waals surface area contributed by atoms with E-state index in [2.05, 4.69) is 29.9 Å². The minimum absolute atomic E-state index is 0.0339. The number of nitrogens with zero attached hydrogens (tertiary/aromatic N) is 3. The number of aromatic nitrogens is 3. The lowest BCUT2D eigenvalue weighted by Gasteiger charge is -2.14. The Bertz CT molecular complexity index is 1280. The van der Waals surface area contributed by atoms with Crippen molar-refractivity contribution in [1.29, 1.82) is 0 Å². The number of benzene rings is 2. The summed E-state index contributed by atoms with van der Waals surface area (Å²) in [5, 5.41) is 5.80. The fraction of sp³-hybridized carbons (Fsp3) is 0.167. The molecule has 0 bridgehead atoms. The first-order valence-corrected chi connectivity index (χ1v) is 9.34. The summed E-state index contributed by atoms with van der Waals surface area (Å²) in [4.78, 5) is 13.5. The fourth-order valence-electron chi connectivity index (χ4n) is 3.40. The SMILES string of the molecule is CCc1cc2cccc(C#Cc3cnn(C)c3C)c2c(=O)n1-c1ccccc1. The summed E-state index contributed by atoms with van der Waals surface area (Å²) in [5.74, 6) is 6.37. The van der Waals surface area contributed by atoms with Gasteiger partial charge in [-0.15, -0.1) is 0 Å². The molecule has 0 saturated heterocycles. The van der Waals surface area contributed by atoms with Gasteiger partial charge in [0.05, 0.1) is 22.8 Å². The molecule has 0 aliphatic carbocycles. The van der Waals surface area contributed by atoms with Gasteiger partial charge in [0.15, 0.2) is 0 Å². The third kappa shape index (κ3) is 3.01. The van der Waals surface area contributed by atoms with E-state index in [1.54, 1.807) is 15.4 Å². The fourth-order valence-corrected chi connectivity index (χ4v) is 3.40. The van der Waals surface area contributed by atoms with Gasteiger partial charge >= 0.3 is 0 Å². The molecule has 2 aromatic heterocycles. The molecule has 0 radical (unpaired) electrons. The third-order valence-corrected chi connectivity index (χ3v) is 5.07. The van der Waals surface area contributed by atoms with Gasteiger partial charge in [-0.2, -0.15) is 5.10 Å². The van der Waals surface area contributed by atoms with E-state index in [1.807, 2.05) is 62.5 Å². The molecule has 0 spiro atoms. The summed E-state index contributed by atoms with van der Waals surface area (Å²) in [6.45, 7) is 4.05. The molecule has 0 aliphatic rings. The molecule has 4 heteroatoms. The van der Waals surface area contributed by atoms with Gasteiger partial charge in [-0.3, -0.25) is 14.0 Å². The van der Waals surface area contributed by atoms with E-state index >= 15 is 0 Å². The molecule has 0 atom stereocenters. The maximum Gasteiger partial charge on any atom is 0.264 e. The molecular weight excluding hydrogens is 346 g/mol. The van der Waals surface area contributed by atoms with Crippen LogP contribution in [0.2, 0.25) is 0 Å². The average Bonchev–Trinajstić information content (AvgIpc) is 3.04. The lowest BCUT2D eigenvalue weighted by Crippen LogP contribution is -2.22. The molecule has 138 valence electrons. The van der Waals surface area contributed by atoms with Crippen molar-refractivity contribution in [1.82, 2.24) is 14.3 Å². The number of hydrogen-bond acceptors (Lipinski definition) is 2. The van der Waals surface area contributed by atoms with Crippen LogP contribution in [0.15, 0.2) is 65.6 Å². The van der Waals surface area contributed by atoms with Crippen LogP contribution in [0.4, 0.5) is 0 Å². The maximum absolute atomic E-state index is 13.5. The minimum atomic E-state index is -0.0339. The highest BCUT2D eigenvalue weighted by molar-refractivity contribution is 5.88. The van der Waals surface area contributed by atoms with Crippen molar-refractivity contribution in [2.45, 2.75) is 20.3 Å². The van der Waals surface area contributed by atoms with E-state index < -0.39 is 0 Å². The molecule has 0 saturated carbocycles. The third-order valence-electron chi connectivity index (χ3n) is 5.07. The Hall–Kier alpha value is -3.58. The van der Waals surface area contributed by atoms with Crippen molar-refractivity contribution in [3.05, 3.63) is 93.7 Å². The molecule has 2 heterocycles. The number of pyridine rings is 1. The highest BCUT2D eigenvalue weighted by Gasteiger charge is 2.12. The van der Waals surface area contributed by atoms with Crippen molar-refractivity contribution in [2.24, 2.45) is 7.05 Å². The second-order valence-corrected chi connectivity index (χ2v) is 6.75. The molecule has 0 aliphatic heterocycles. The topological polar surface area (TPSA) is 39.8 Å². The standard InChI is InChI=1S/C24H21N3O/c1-4-21-15-19-10-8-9-18(13-14-20-16-25-26(3)17(20)2)23(19)24(28)27(21)22-11-6-5-7-12-22/h5-12,15-16H,4H2,1-3H3. The van der Waals surface area contributed by atoms with Crippen LogP contribution in [-0.2, 0) is 13.5 Å². The van der Waals surface area contributed by atoms with Crippen LogP contribution in [0, 0.1) is 18.8 Å². The van der Waals surface area contributed by atoms with Gasteiger partial charge in [-0.1, -0.05) is 49.1 Å². The minimum Gasteiger partial charge on any atom is -0.281 e. The quantitative estimate of drug-likeness (QED) is 0.503. The van der Waals surface area contributed by atoms with Crippen molar-refractivity contribution in [2.75, 3.05) is 0 Å². The zero-order valence-corrected chi connectivity index (χ0v) is 16.2. The average molecular weight is 367 g/mol. The van der Waals surface area contributed by atoms with Crippen LogP contribution >= 0.6 is 0 Å². The van der Waals surface area contributed by atoms with Crippen LogP contribution < -0.4 is 5.56 Å². The zero-order valence-electron chi connectivity index (χ0n) is 16.2. The van der Waals surface area contributed by atoms with Crippen LogP contribution in [-0.4, -0.2) is 14.3 Å². The predicted molar refractivity (Wildman–Crippen MR) is 113 cm³/mol. The smallest absolute Gasteiger partial charge is 0.264 e. The Morgan fingerprint density at radius 3 is 2.43 bits per heavy atom. The van der Waals surface area contributed by atoms with Crippen LogP contribution in [0.3, 0.4) is 0 Å². The van der Waals surface area contributed by atoms with E-state index in [0.29, 0.717) is 5.39 Å². The monoisotopic (exact) mass is 367 g/mol. The van der Waals surface area contributed by atoms with E-state index in [9.17, 15) is 4.79 Å². The Balaban J connectivity index is 1.98. The summed E-state index contributed by atoms with van der Waals surface area (Å²) in [7, 11) is 1.89. The second-order valence-electron chi connectivity index (χ2n) is 6.75. The summed E-state index contributed by atoms with van der Waals surface area (Å²) >= 11 is 0. The maximum atomic E-state index is 13.5. The number of para-hydroxylation sites is 1. The first-order chi connectivity index (χ1) is 13.6. The van der Waals surface area contributed by atoms with E-state index in [-0.39, 0.29) is 5.56 Å². The lowest BCUT2D eigenvalue weighted by atomic mass is 10.0. The lowest BCUT2D eigenvalue weighted by molar-refractivity contribution is 0.740. The zero-order chi connectivity index (χ0) is 19.7. The summed E-state index contributed by atoms with van der Waals surface area (Å²) in [6, 6.07) is 17.7. The highest BCUT2D eigenvalue weighted by Crippen LogP contribution is 2.19. The number of fused-ring (bicyclic) bond motifs is 1. The summed E-state index contributed by atoms with van der Waals surface area (Å²) in [6.07, 6.45) is 2.52. The number of rotatable bonds is 2. The Morgan fingerprint density at radius 2 is 1.75 bits per heavy atom. The molecule has 4 rings (SSSR count). The number of aryl methyl sites for hydroxylation is 2. The van der Waals surface area contributed by atoms with Crippen molar-refractivity contribution < 1.29 is 0 Å². The van der Waals surface area contributed by atoms with Gasteiger partial charge in [0, 0.05) is 24.0 Å². The van der Waals surface area contributed by atoms with Crippen molar-refractivity contribution in [3.63, 3.8) is 0 Å². The van der Waals surface area contributed by atoms with Gasteiger partial charge in [-0.25, -0.2) is 0 Å². The van der Waals surface area contributed by atoms with E-state index in [0.717, 1.165) is 40.0 Å². The molecular formula is C24H21N3O. The molecule has 28 heavy (non-hydrogen) atoms. The summed E-state index contributed by atoms with van der Waals surface area (Å²) < 4.78 is 3.59. The van der Waals surface area contributed by atoms with Gasteiger partial charge in [0.1, 0.15) is 0 Å². The Kier molecular flexibility index (Phi) is 4.58. The van der Waals surface area contributed by atoms with Gasteiger partial charge < -0.3 is 0 Å². The van der Waals surface area contributed by atoms with Crippen molar-refractivity contribution in [3.8, 4) is 17.5 Å². The van der Waals surface area contributed by atoms with Gasteiger partial charge in [0.25, 0.3) is 5.56 Å². The highest BCUT2D eigenvalue weighted by atomic mass is 16.1. The molecule has 0 amide bonds. The molecule has 2 aromatic carbocycles. The normalized spacial score (nSPS) is 10.7. The molecule has 4 aromatic rings. The number of hydrogen-bond donors (Lipinski definition) is 0. The molecule has 0 unspecified atom stereocenters. The van der Waals surface area contributed by atoms with E-state index in [1.165, 1.54) is 0 Å². The molecule has 0 N–H and O–H groups in total. The first-order valence-electron chi connectivity index (χ1n) is 9.34. The van der Waals surface area contributed by atoms with Crippen LogP contribution in [0.25, 0.3) is 16.5 Å². The molecule has 0 fully saturated rings. The largest absolute Gasteiger partial charge is 0.281 e. The van der Waals surface area contributed by atoms with Crippen LogP contribution in [0.1, 0.15) is 29.4 Å². The molecule has 4 nitrogen and oxygen atoms in total. The Morgan fingerprint density at radius 1 is 1.00 bits per heavy atom. The van der Waals surface area contributed by atoms with E-state index in [4.69, 9.17) is 0 Å². The first kappa shape index (κ1) is 17.8. The van der Waals surface area contributed by atoms with Crippen molar-refractivity contribution >= 4 is 10.8 Å². The second kappa shape index (κ2) is 7.21. The van der Waals surface area contributed by atoms with Gasteiger partial charge in [0.2, 0.25) is 0 Å². The predicted octanol–water partition coefficient (Wildman–Crippen LogP) is 3.99. The summed E-state index contributed by atoms with van der Waals surface area (Å²) in [5.41, 5.74) is 4.43.